The minimum Gasteiger partial charge on any atom is -0.493 e. The van der Waals surface area contributed by atoms with Gasteiger partial charge in [-0.25, -0.2) is 0 Å². The zero-order chi connectivity index (χ0) is 15.2. The quantitative estimate of drug-likeness (QED) is 0.756. The molecule has 5 heteroatoms. The molecule has 112 valence electrons. The highest BCUT2D eigenvalue weighted by molar-refractivity contribution is 5.84. The van der Waals surface area contributed by atoms with Crippen molar-refractivity contribution < 1.29 is 14.3 Å². The summed E-state index contributed by atoms with van der Waals surface area (Å²) in [5, 5.41) is 2.93. The number of nitrogens with one attached hydrogen (secondary N) is 1. The molecular formula is C15H24N2O3. The first-order valence-electron chi connectivity index (χ1n) is 6.75. The molecule has 0 fully saturated rings. The van der Waals surface area contributed by atoms with Gasteiger partial charge in [0, 0.05) is 6.42 Å². The molecule has 0 aliphatic heterocycles. The summed E-state index contributed by atoms with van der Waals surface area (Å²) >= 11 is 0. The van der Waals surface area contributed by atoms with Crippen molar-refractivity contribution in [3.8, 4) is 11.5 Å². The van der Waals surface area contributed by atoms with Crippen LogP contribution in [0.25, 0.3) is 0 Å². The Morgan fingerprint density at radius 1 is 1.40 bits per heavy atom. The second kappa shape index (κ2) is 7.14. The number of benzene rings is 1. The summed E-state index contributed by atoms with van der Waals surface area (Å²) in [7, 11) is 3.32. The number of primary amides is 1. The molecule has 0 aliphatic rings. The Hall–Kier alpha value is -1.75. The highest BCUT2D eigenvalue weighted by atomic mass is 16.5. The number of carbonyl (C=O) groups excluding carboxylic acids is 1. The molecule has 1 unspecified atom stereocenters. The summed E-state index contributed by atoms with van der Waals surface area (Å²) in [5.74, 6) is 0.985. The molecule has 0 heterocycles. The molecule has 0 aliphatic carbocycles. The lowest BCUT2D eigenvalue weighted by atomic mass is 9.98. The fraction of sp³-hybridized carbons (Fsp3) is 0.533. The lowest BCUT2D eigenvalue weighted by molar-refractivity contribution is -0.124. The number of rotatable bonds is 8. The smallest absolute Gasteiger partial charge is 0.237 e. The molecule has 0 spiro atoms. The van der Waals surface area contributed by atoms with Crippen LogP contribution in [0.2, 0.25) is 0 Å². The van der Waals surface area contributed by atoms with E-state index in [1.165, 1.54) is 5.56 Å². The molecular weight excluding hydrogens is 256 g/mol. The Morgan fingerprint density at radius 3 is 2.60 bits per heavy atom. The molecule has 0 saturated heterocycles. The van der Waals surface area contributed by atoms with Crippen molar-refractivity contribution in [2.75, 3.05) is 20.8 Å². The Labute approximate surface area is 120 Å². The maximum atomic E-state index is 11.4. The number of hydrogen-bond donors (Lipinski definition) is 2. The number of hydrogen-bond acceptors (Lipinski definition) is 4. The molecule has 0 bridgehead atoms. The Bertz CT molecular complexity index is 462. The van der Waals surface area contributed by atoms with E-state index < -0.39 is 11.4 Å². The first kappa shape index (κ1) is 16.3. The fourth-order valence-corrected chi connectivity index (χ4v) is 1.79. The molecule has 1 rings (SSSR count). The van der Waals surface area contributed by atoms with Crippen LogP contribution in [0, 0.1) is 0 Å². The second-order valence-corrected chi connectivity index (χ2v) is 4.88. The summed E-state index contributed by atoms with van der Waals surface area (Å²) < 4.78 is 11.0. The molecule has 0 saturated carbocycles. The molecule has 1 atom stereocenters. The summed E-state index contributed by atoms with van der Waals surface area (Å²) in [6.07, 6.45) is 1.42. The van der Waals surface area contributed by atoms with E-state index in [4.69, 9.17) is 15.2 Å². The van der Waals surface area contributed by atoms with Crippen LogP contribution in [0.15, 0.2) is 18.2 Å². The van der Waals surface area contributed by atoms with Crippen molar-refractivity contribution in [3.63, 3.8) is 0 Å². The van der Waals surface area contributed by atoms with Crippen LogP contribution in [-0.2, 0) is 11.2 Å². The highest BCUT2D eigenvalue weighted by Gasteiger charge is 2.28. The van der Waals surface area contributed by atoms with E-state index in [1.54, 1.807) is 21.1 Å². The van der Waals surface area contributed by atoms with Crippen LogP contribution in [-0.4, -0.2) is 32.2 Å². The van der Waals surface area contributed by atoms with Gasteiger partial charge in [-0.05, 0) is 38.1 Å². The first-order chi connectivity index (χ1) is 9.46. The molecule has 5 nitrogen and oxygen atoms in total. The monoisotopic (exact) mass is 280 g/mol. The maximum Gasteiger partial charge on any atom is 0.237 e. The second-order valence-electron chi connectivity index (χ2n) is 4.88. The van der Waals surface area contributed by atoms with Gasteiger partial charge in [-0.3, -0.25) is 4.79 Å². The van der Waals surface area contributed by atoms with Crippen LogP contribution in [0.1, 0.15) is 25.8 Å². The number of ether oxygens (including phenoxy) is 2. The molecule has 1 amide bonds. The topological polar surface area (TPSA) is 73.6 Å². The lowest BCUT2D eigenvalue weighted by Crippen LogP contribution is -2.52. The van der Waals surface area contributed by atoms with Crippen LogP contribution < -0.4 is 20.5 Å². The van der Waals surface area contributed by atoms with E-state index in [1.807, 2.05) is 18.2 Å². The minimum absolute atomic E-state index is 0.377. The van der Waals surface area contributed by atoms with Gasteiger partial charge in [-0.2, -0.15) is 0 Å². The minimum atomic E-state index is -0.767. The van der Waals surface area contributed by atoms with Crippen molar-refractivity contribution >= 4 is 5.91 Å². The average Bonchev–Trinajstić information content (AvgIpc) is 2.46. The van der Waals surface area contributed by atoms with Crippen LogP contribution >= 0.6 is 0 Å². The van der Waals surface area contributed by atoms with Crippen LogP contribution in [0.5, 0.6) is 11.5 Å². The van der Waals surface area contributed by atoms with E-state index in [9.17, 15) is 4.79 Å². The zero-order valence-electron chi connectivity index (χ0n) is 12.7. The lowest BCUT2D eigenvalue weighted by Gasteiger charge is -2.25. The predicted octanol–water partition coefficient (Wildman–Crippen LogP) is 1.49. The van der Waals surface area contributed by atoms with E-state index in [0.29, 0.717) is 24.5 Å². The number of likely N-dealkylation sites (N-methyl/N-ethyl adjacent to an activating group) is 1. The number of amides is 1. The zero-order valence-corrected chi connectivity index (χ0v) is 12.7. The summed E-state index contributed by atoms with van der Waals surface area (Å²) in [5.41, 5.74) is 5.79. The molecule has 1 aromatic rings. The van der Waals surface area contributed by atoms with Gasteiger partial charge in [-0.15, -0.1) is 0 Å². The van der Waals surface area contributed by atoms with Crippen molar-refractivity contribution in [3.05, 3.63) is 23.8 Å². The highest BCUT2D eigenvalue weighted by Crippen LogP contribution is 2.28. The SMILES string of the molecule is CCc1ccc(OCCC(C)(NC)C(N)=O)c(OC)c1. The Morgan fingerprint density at radius 2 is 2.10 bits per heavy atom. The van der Waals surface area contributed by atoms with Gasteiger partial charge in [0.2, 0.25) is 5.91 Å². The van der Waals surface area contributed by atoms with Gasteiger partial charge < -0.3 is 20.5 Å². The maximum absolute atomic E-state index is 11.4. The normalized spacial score (nSPS) is 13.6. The third-order valence-electron chi connectivity index (χ3n) is 3.59. The van der Waals surface area contributed by atoms with Crippen molar-refractivity contribution in [2.24, 2.45) is 5.73 Å². The van der Waals surface area contributed by atoms with Crippen LogP contribution in [0.4, 0.5) is 0 Å². The van der Waals surface area contributed by atoms with Crippen LogP contribution in [0.3, 0.4) is 0 Å². The summed E-state index contributed by atoms with van der Waals surface area (Å²) in [6.45, 7) is 4.22. The van der Waals surface area contributed by atoms with Gasteiger partial charge in [-0.1, -0.05) is 13.0 Å². The molecule has 3 N–H and O–H groups in total. The Kier molecular flexibility index (Phi) is 5.82. The van der Waals surface area contributed by atoms with Gasteiger partial charge in [0.05, 0.1) is 19.3 Å². The van der Waals surface area contributed by atoms with Crippen molar-refractivity contribution in [2.45, 2.75) is 32.2 Å². The standard InChI is InChI=1S/C15H24N2O3/c1-5-11-6-7-12(13(10-11)19-4)20-9-8-15(2,17-3)14(16)18/h6-7,10,17H,5,8-9H2,1-4H3,(H2,16,18). The Balaban J connectivity index is 2.68. The van der Waals surface area contributed by atoms with Gasteiger partial charge >= 0.3 is 0 Å². The number of methoxy groups -OCH3 is 1. The third kappa shape index (κ3) is 3.87. The fourth-order valence-electron chi connectivity index (χ4n) is 1.79. The van der Waals surface area contributed by atoms with Gasteiger partial charge in [0.1, 0.15) is 0 Å². The number of carbonyl (C=O) groups is 1. The number of nitrogens with two attached hydrogens (primary N) is 1. The van der Waals surface area contributed by atoms with E-state index in [-0.39, 0.29) is 0 Å². The van der Waals surface area contributed by atoms with E-state index in [0.717, 1.165) is 6.42 Å². The molecule has 20 heavy (non-hydrogen) atoms. The largest absolute Gasteiger partial charge is 0.493 e. The molecule has 0 radical (unpaired) electrons. The van der Waals surface area contributed by atoms with Crippen molar-refractivity contribution in [1.82, 2.24) is 5.32 Å². The van der Waals surface area contributed by atoms with Crippen molar-refractivity contribution in [1.29, 1.82) is 0 Å². The molecule has 1 aromatic carbocycles. The summed E-state index contributed by atoms with van der Waals surface area (Å²) in [4.78, 5) is 11.4. The average molecular weight is 280 g/mol. The molecule has 0 aromatic heterocycles. The van der Waals surface area contributed by atoms with E-state index >= 15 is 0 Å². The number of aryl methyl sites for hydroxylation is 1. The first-order valence-corrected chi connectivity index (χ1v) is 6.75. The van der Waals surface area contributed by atoms with Gasteiger partial charge in [0.15, 0.2) is 11.5 Å². The van der Waals surface area contributed by atoms with E-state index in [2.05, 4.69) is 12.2 Å². The third-order valence-corrected chi connectivity index (χ3v) is 3.59. The predicted molar refractivity (Wildman–Crippen MR) is 79.1 cm³/mol. The van der Waals surface area contributed by atoms with Gasteiger partial charge in [0.25, 0.3) is 0 Å². The summed E-state index contributed by atoms with van der Waals surface area (Å²) in [6, 6.07) is 5.85.